The molecule has 0 aromatic heterocycles. The zero-order chi connectivity index (χ0) is 14.4. The fourth-order valence-electron chi connectivity index (χ4n) is 2.14. The molecule has 1 unspecified atom stereocenters. The molecule has 0 bridgehead atoms. The highest BCUT2D eigenvalue weighted by molar-refractivity contribution is 5.51. The lowest BCUT2D eigenvalue weighted by molar-refractivity contribution is 0.282. The molecule has 0 aliphatic carbocycles. The summed E-state index contributed by atoms with van der Waals surface area (Å²) in [6.07, 6.45) is 0. The summed E-state index contributed by atoms with van der Waals surface area (Å²) in [5.74, 6) is 1.26. The number of benzene rings is 2. The van der Waals surface area contributed by atoms with E-state index < -0.39 is 0 Å². The van der Waals surface area contributed by atoms with Crippen LogP contribution < -0.4 is 10.1 Å². The summed E-state index contributed by atoms with van der Waals surface area (Å²) in [6, 6.07) is 16.0. The minimum absolute atomic E-state index is 0.0556. The van der Waals surface area contributed by atoms with Crippen LogP contribution in [0.15, 0.2) is 48.5 Å². The van der Waals surface area contributed by atoms with Crippen LogP contribution in [0.1, 0.15) is 24.0 Å². The second-order valence-electron chi connectivity index (χ2n) is 4.87. The van der Waals surface area contributed by atoms with Crippen molar-refractivity contribution in [3.63, 3.8) is 0 Å². The Morgan fingerprint density at radius 1 is 1.10 bits per heavy atom. The van der Waals surface area contributed by atoms with Gasteiger partial charge in [0, 0.05) is 17.8 Å². The minimum atomic E-state index is 0.0556. The van der Waals surface area contributed by atoms with E-state index in [1.54, 1.807) is 7.11 Å². The van der Waals surface area contributed by atoms with Crippen molar-refractivity contribution in [2.24, 2.45) is 0 Å². The van der Waals surface area contributed by atoms with E-state index in [9.17, 15) is 5.11 Å². The fraction of sp³-hybridized carbons (Fsp3) is 0.294. The first-order valence-electron chi connectivity index (χ1n) is 6.81. The summed E-state index contributed by atoms with van der Waals surface area (Å²) in [6.45, 7) is 3.06. The average Bonchev–Trinajstić information content (AvgIpc) is 2.53. The predicted octanol–water partition coefficient (Wildman–Crippen LogP) is 3.40. The van der Waals surface area contributed by atoms with Gasteiger partial charge in [-0.2, -0.15) is 0 Å². The van der Waals surface area contributed by atoms with Crippen LogP contribution in [0, 0.1) is 0 Å². The van der Waals surface area contributed by atoms with Crippen molar-refractivity contribution in [2.45, 2.75) is 19.4 Å². The van der Waals surface area contributed by atoms with Gasteiger partial charge in [-0.1, -0.05) is 37.3 Å². The van der Waals surface area contributed by atoms with Gasteiger partial charge in [-0.05, 0) is 29.7 Å². The molecule has 2 N–H and O–H groups in total. The van der Waals surface area contributed by atoms with Crippen LogP contribution in [-0.4, -0.2) is 18.8 Å². The molecule has 20 heavy (non-hydrogen) atoms. The Morgan fingerprint density at radius 3 is 2.45 bits per heavy atom. The van der Waals surface area contributed by atoms with Crippen LogP contribution in [0.5, 0.6) is 5.75 Å². The van der Waals surface area contributed by atoms with E-state index in [1.807, 2.05) is 36.4 Å². The van der Waals surface area contributed by atoms with Crippen molar-refractivity contribution >= 4 is 5.69 Å². The third kappa shape index (κ3) is 3.52. The van der Waals surface area contributed by atoms with Gasteiger partial charge in [0.05, 0.1) is 13.7 Å². The van der Waals surface area contributed by atoms with Crippen LogP contribution in [0.3, 0.4) is 0 Å². The maximum absolute atomic E-state index is 9.30. The number of methoxy groups -OCH3 is 1. The molecule has 0 radical (unpaired) electrons. The summed E-state index contributed by atoms with van der Waals surface area (Å²) in [4.78, 5) is 0. The Labute approximate surface area is 120 Å². The largest absolute Gasteiger partial charge is 0.497 e. The molecular weight excluding hydrogens is 250 g/mol. The second kappa shape index (κ2) is 6.96. The molecule has 2 aromatic carbocycles. The molecule has 0 saturated heterocycles. The molecule has 3 nitrogen and oxygen atoms in total. The topological polar surface area (TPSA) is 41.5 Å². The van der Waals surface area contributed by atoms with Crippen molar-refractivity contribution in [2.75, 3.05) is 19.0 Å². The lowest BCUT2D eigenvalue weighted by Gasteiger charge is -2.16. The second-order valence-corrected chi connectivity index (χ2v) is 4.87. The van der Waals surface area contributed by atoms with Crippen LogP contribution in [0.25, 0.3) is 0 Å². The first kappa shape index (κ1) is 14.4. The van der Waals surface area contributed by atoms with Gasteiger partial charge in [-0.15, -0.1) is 0 Å². The van der Waals surface area contributed by atoms with E-state index in [-0.39, 0.29) is 6.61 Å². The SMILES string of the molecule is COc1ccc(C(C)CNc2ccccc2CO)cc1. The maximum atomic E-state index is 9.30. The third-order valence-electron chi connectivity index (χ3n) is 3.47. The van der Waals surface area contributed by atoms with E-state index in [4.69, 9.17) is 4.74 Å². The molecular formula is C17H21NO2. The van der Waals surface area contributed by atoms with Crippen LogP contribution in [-0.2, 0) is 6.61 Å². The molecule has 1 atom stereocenters. The quantitative estimate of drug-likeness (QED) is 0.846. The molecule has 3 heteroatoms. The number of hydrogen-bond donors (Lipinski definition) is 2. The molecule has 2 rings (SSSR count). The number of rotatable bonds is 6. The number of hydrogen-bond acceptors (Lipinski definition) is 3. The van der Waals surface area contributed by atoms with Crippen molar-refractivity contribution in [3.05, 3.63) is 59.7 Å². The monoisotopic (exact) mass is 271 g/mol. The van der Waals surface area contributed by atoms with Gasteiger partial charge >= 0.3 is 0 Å². The zero-order valence-corrected chi connectivity index (χ0v) is 12.0. The highest BCUT2D eigenvalue weighted by Crippen LogP contribution is 2.21. The first-order chi connectivity index (χ1) is 9.74. The van der Waals surface area contributed by atoms with E-state index in [1.165, 1.54) is 5.56 Å². The number of ether oxygens (including phenoxy) is 1. The van der Waals surface area contributed by atoms with Crippen LogP contribution >= 0.6 is 0 Å². The van der Waals surface area contributed by atoms with Gasteiger partial charge in [-0.25, -0.2) is 0 Å². The Hall–Kier alpha value is -2.00. The molecule has 106 valence electrons. The molecule has 0 aliphatic rings. The summed E-state index contributed by atoms with van der Waals surface area (Å²) in [7, 11) is 1.67. The molecule has 0 aliphatic heterocycles. The van der Waals surface area contributed by atoms with E-state index in [0.717, 1.165) is 23.5 Å². The molecule has 0 heterocycles. The highest BCUT2D eigenvalue weighted by Gasteiger charge is 2.07. The van der Waals surface area contributed by atoms with Gasteiger partial charge in [0.2, 0.25) is 0 Å². The van der Waals surface area contributed by atoms with Crippen molar-refractivity contribution in [3.8, 4) is 5.75 Å². The summed E-state index contributed by atoms with van der Waals surface area (Å²) in [5.41, 5.74) is 3.18. The molecule has 0 fully saturated rings. The number of aliphatic hydroxyl groups excluding tert-OH is 1. The first-order valence-corrected chi connectivity index (χ1v) is 6.81. The molecule has 0 spiro atoms. The van der Waals surface area contributed by atoms with Crippen molar-refractivity contribution in [1.29, 1.82) is 0 Å². The van der Waals surface area contributed by atoms with Crippen molar-refractivity contribution < 1.29 is 9.84 Å². The van der Waals surface area contributed by atoms with E-state index >= 15 is 0 Å². The standard InChI is InChI=1S/C17H21NO2/c1-13(14-7-9-16(20-2)10-8-14)11-18-17-6-4-3-5-15(17)12-19/h3-10,13,18-19H,11-12H2,1-2H3. The summed E-state index contributed by atoms with van der Waals surface area (Å²) in [5, 5.41) is 12.7. The van der Waals surface area contributed by atoms with Crippen LogP contribution in [0.2, 0.25) is 0 Å². The zero-order valence-electron chi connectivity index (χ0n) is 12.0. The normalized spacial score (nSPS) is 11.9. The lowest BCUT2D eigenvalue weighted by atomic mass is 10.0. The van der Waals surface area contributed by atoms with Gasteiger partial charge in [0.1, 0.15) is 5.75 Å². The Bertz CT molecular complexity index is 537. The third-order valence-corrected chi connectivity index (χ3v) is 3.47. The fourth-order valence-corrected chi connectivity index (χ4v) is 2.14. The molecule has 0 saturated carbocycles. The molecule has 2 aromatic rings. The smallest absolute Gasteiger partial charge is 0.118 e. The predicted molar refractivity (Wildman–Crippen MR) is 82.3 cm³/mol. The van der Waals surface area contributed by atoms with Gasteiger partial charge in [0.15, 0.2) is 0 Å². The Balaban J connectivity index is 1.98. The Morgan fingerprint density at radius 2 is 1.80 bits per heavy atom. The summed E-state index contributed by atoms with van der Waals surface area (Å²) < 4.78 is 5.17. The number of aliphatic hydroxyl groups is 1. The lowest BCUT2D eigenvalue weighted by Crippen LogP contribution is -2.11. The highest BCUT2D eigenvalue weighted by atomic mass is 16.5. The summed E-state index contributed by atoms with van der Waals surface area (Å²) >= 11 is 0. The maximum Gasteiger partial charge on any atom is 0.118 e. The van der Waals surface area contributed by atoms with Crippen LogP contribution in [0.4, 0.5) is 5.69 Å². The number of para-hydroxylation sites is 1. The van der Waals surface area contributed by atoms with Gasteiger partial charge in [0.25, 0.3) is 0 Å². The Kier molecular flexibility index (Phi) is 5.02. The number of nitrogens with one attached hydrogen (secondary N) is 1. The minimum Gasteiger partial charge on any atom is -0.497 e. The average molecular weight is 271 g/mol. The molecule has 0 amide bonds. The van der Waals surface area contributed by atoms with Gasteiger partial charge < -0.3 is 15.2 Å². The van der Waals surface area contributed by atoms with E-state index in [0.29, 0.717) is 5.92 Å². The van der Waals surface area contributed by atoms with Crippen molar-refractivity contribution in [1.82, 2.24) is 0 Å². The van der Waals surface area contributed by atoms with Gasteiger partial charge in [-0.3, -0.25) is 0 Å². The number of anilines is 1. The van der Waals surface area contributed by atoms with E-state index in [2.05, 4.69) is 24.4 Å².